The van der Waals surface area contributed by atoms with Gasteiger partial charge in [0, 0.05) is 18.1 Å². The molecule has 1 N–H and O–H groups in total. The number of hydrogen-bond acceptors (Lipinski definition) is 2. The molecule has 1 aromatic heterocycles. The summed E-state index contributed by atoms with van der Waals surface area (Å²) >= 11 is 9.49. The minimum Gasteiger partial charge on any atom is -0.365 e. The van der Waals surface area contributed by atoms with Gasteiger partial charge in [0.1, 0.15) is 5.82 Å². The standard InChI is InChI=1S/C14H14BrClN2/c15-13-7-4-8-17-14(13)18-12(10-16)9-11-5-2-1-3-6-11/h1-8,12H,9-10H2,(H,17,18). The van der Waals surface area contributed by atoms with E-state index in [1.807, 2.05) is 30.3 Å². The van der Waals surface area contributed by atoms with Gasteiger partial charge in [0.25, 0.3) is 0 Å². The number of pyridine rings is 1. The molecule has 1 atom stereocenters. The Balaban J connectivity index is 2.04. The van der Waals surface area contributed by atoms with Gasteiger partial charge in [0.2, 0.25) is 0 Å². The van der Waals surface area contributed by atoms with Crippen molar-refractivity contribution in [3.63, 3.8) is 0 Å². The lowest BCUT2D eigenvalue weighted by Gasteiger charge is -2.17. The summed E-state index contributed by atoms with van der Waals surface area (Å²) in [5.41, 5.74) is 1.27. The number of nitrogens with one attached hydrogen (secondary N) is 1. The Bertz CT molecular complexity index is 490. The highest BCUT2D eigenvalue weighted by Gasteiger charge is 2.10. The third-order valence-corrected chi connectivity index (χ3v) is 3.62. The molecule has 1 aromatic carbocycles. The van der Waals surface area contributed by atoms with Crippen LogP contribution < -0.4 is 5.32 Å². The van der Waals surface area contributed by atoms with Gasteiger partial charge < -0.3 is 5.32 Å². The van der Waals surface area contributed by atoms with Crippen LogP contribution in [0, 0.1) is 0 Å². The molecule has 0 aliphatic carbocycles. The second-order valence-corrected chi connectivity index (χ2v) is 5.18. The average molecular weight is 326 g/mol. The monoisotopic (exact) mass is 324 g/mol. The minimum absolute atomic E-state index is 0.167. The molecule has 1 unspecified atom stereocenters. The van der Waals surface area contributed by atoms with Crippen LogP contribution >= 0.6 is 27.5 Å². The van der Waals surface area contributed by atoms with Crippen molar-refractivity contribution in [3.05, 3.63) is 58.7 Å². The Hall–Kier alpha value is -1.06. The van der Waals surface area contributed by atoms with Crippen LogP contribution in [-0.2, 0) is 6.42 Å². The number of rotatable bonds is 5. The first-order valence-electron chi connectivity index (χ1n) is 5.76. The molecule has 4 heteroatoms. The summed E-state index contributed by atoms with van der Waals surface area (Å²) in [4.78, 5) is 4.29. The largest absolute Gasteiger partial charge is 0.365 e. The van der Waals surface area contributed by atoms with Crippen molar-refractivity contribution in [2.75, 3.05) is 11.2 Å². The van der Waals surface area contributed by atoms with E-state index >= 15 is 0 Å². The van der Waals surface area contributed by atoms with Gasteiger partial charge in [-0.05, 0) is 40.0 Å². The van der Waals surface area contributed by atoms with Crippen LogP contribution in [0.2, 0.25) is 0 Å². The van der Waals surface area contributed by atoms with E-state index in [1.54, 1.807) is 6.20 Å². The summed E-state index contributed by atoms with van der Waals surface area (Å²) in [6, 6.07) is 14.3. The highest BCUT2D eigenvalue weighted by atomic mass is 79.9. The fraction of sp³-hybridized carbons (Fsp3) is 0.214. The predicted octanol–water partition coefficient (Wildman–Crippen LogP) is 4.11. The Kier molecular flexibility index (Phi) is 5.02. The maximum atomic E-state index is 6.01. The van der Waals surface area contributed by atoms with Crippen LogP contribution in [0.15, 0.2) is 53.1 Å². The summed E-state index contributed by atoms with van der Waals surface area (Å²) in [7, 11) is 0. The molecule has 0 fully saturated rings. The van der Waals surface area contributed by atoms with E-state index in [0.29, 0.717) is 5.88 Å². The molecule has 0 bridgehead atoms. The number of benzene rings is 1. The van der Waals surface area contributed by atoms with Gasteiger partial charge in [-0.1, -0.05) is 30.3 Å². The molecular formula is C14H14BrClN2. The van der Waals surface area contributed by atoms with E-state index in [2.05, 4.69) is 38.4 Å². The molecule has 0 aliphatic heterocycles. The number of aromatic nitrogens is 1. The van der Waals surface area contributed by atoms with Crippen molar-refractivity contribution in [1.29, 1.82) is 0 Å². The van der Waals surface area contributed by atoms with Crippen LogP contribution in [0.1, 0.15) is 5.56 Å². The minimum atomic E-state index is 0.167. The second-order valence-electron chi connectivity index (χ2n) is 4.02. The van der Waals surface area contributed by atoms with Crippen LogP contribution in [0.5, 0.6) is 0 Å². The van der Waals surface area contributed by atoms with E-state index in [4.69, 9.17) is 11.6 Å². The summed E-state index contributed by atoms with van der Waals surface area (Å²) in [5, 5.41) is 3.36. The third-order valence-electron chi connectivity index (χ3n) is 2.61. The molecule has 0 amide bonds. The van der Waals surface area contributed by atoms with Gasteiger partial charge in [0.05, 0.1) is 4.47 Å². The average Bonchev–Trinajstić information content (AvgIpc) is 2.41. The van der Waals surface area contributed by atoms with E-state index < -0.39 is 0 Å². The third kappa shape index (κ3) is 3.72. The highest BCUT2D eigenvalue weighted by molar-refractivity contribution is 9.10. The van der Waals surface area contributed by atoms with E-state index in [1.165, 1.54) is 5.56 Å². The zero-order valence-corrected chi connectivity index (χ0v) is 12.2. The van der Waals surface area contributed by atoms with Crippen molar-refractivity contribution < 1.29 is 0 Å². The first-order valence-corrected chi connectivity index (χ1v) is 7.09. The number of alkyl halides is 1. The molecule has 0 radical (unpaired) electrons. The van der Waals surface area contributed by atoms with Crippen molar-refractivity contribution in [2.45, 2.75) is 12.5 Å². The first-order chi connectivity index (χ1) is 8.79. The zero-order valence-electron chi connectivity index (χ0n) is 9.81. The van der Waals surface area contributed by atoms with Gasteiger partial charge in [0.15, 0.2) is 0 Å². The molecule has 94 valence electrons. The fourth-order valence-corrected chi connectivity index (χ4v) is 2.28. The van der Waals surface area contributed by atoms with E-state index in [0.717, 1.165) is 16.7 Å². The molecule has 0 saturated carbocycles. The summed E-state index contributed by atoms with van der Waals surface area (Å²) in [5.74, 6) is 1.37. The molecule has 2 nitrogen and oxygen atoms in total. The summed E-state index contributed by atoms with van der Waals surface area (Å²) in [6.07, 6.45) is 2.65. The number of hydrogen-bond donors (Lipinski definition) is 1. The van der Waals surface area contributed by atoms with Crippen molar-refractivity contribution >= 4 is 33.3 Å². The second kappa shape index (κ2) is 6.76. The first kappa shape index (κ1) is 13.4. The van der Waals surface area contributed by atoms with Crippen LogP contribution in [0.4, 0.5) is 5.82 Å². The summed E-state index contributed by atoms with van der Waals surface area (Å²) in [6.45, 7) is 0. The Morgan fingerprint density at radius 3 is 2.61 bits per heavy atom. The molecule has 18 heavy (non-hydrogen) atoms. The number of nitrogens with zero attached hydrogens (tertiary/aromatic N) is 1. The van der Waals surface area contributed by atoms with Gasteiger partial charge >= 0.3 is 0 Å². The Morgan fingerprint density at radius 2 is 1.94 bits per heavy atom. The van der Waals surface area contributed by atoms with Gasteiger partial charge in [-0.15, -0.1) is 11.6 Å². The molecule has 0 spiro atoms. The van der Waals surface area contributed by atoms with Crippen LogP contribution in [-0.4, -0.2) is 16.9 Å². The van der Waals surface area contributed by atoms with E-state index in [9.17, 15) is 0 Å². The quantitative estimate of drug-likeness (QED) is 0.837. The molecule has 0 saturated heterocycles. The molecule has 0 aliphatic rings. The fourth-order valence-electron chi connectivity index (χ4n) is 1.73. The number of anilines is 1. The van der Waals surface area contributed by atoms with Gasteiger partial charge in [-0.25, -0.2) is 4.98 Å². The smallest absolute Gasteiger partial charge is 0.140 e. The molecular weight excluding hydrogens is 312 g/mol. The zero-order chi connectivity index (χ0) is 12.8. The van der Waals surface area contributed by atoms with Crippen LogP contribution in [0.3, 0.4) is 0 Å². The van der Waals surface area contributed by atoms with E-state index in [-0.39, 0.29) is 6.04 Å². The molecule has 2 aromatic rings. The van der Waals surface area contributed by atoms with Crippen molar-refractivity contribution in [3.8, 4) is 0 Å². The summed E-state index contributed by atoms with van der Waals surface area (Å²) < 4.78 is 0.952. The van der Waals surface area contributed by atoms with Crippen molar-refractivity contribution in [1.82, 2.24) is 4.98 Å². The highest BCUT2D eigenvalue weighted by Crippen LogP contribution is 2.20. The normalized spacial score (nSPS) is 12.1. The topological polar surface area (TPSA) is 24.9 Å². The maximum Gasteiger partial charge on any atom is 0.140 e. The number of halogens is 2. The predicted molar refractivity (Wildman–Crippen MR) is 80.2 cm³/mol. The SMILES string of the molecule is ClCC(Cc1ccccc1)Nc1ncccc1Br. The van der Waals surface area contributed by atoms with Gasteiger partial charge in [-0.3, -0.25) is 0 Å². The van der Waals surface area contributed by atoms with Gasteiger partial charge in [-0.2, -0.15) is 0 Å². The Morgan fingerprint density at radius 1 is 1.17 bits per heavy atom. The Labute approximate surface area is 121 Å². The maximum absolute atomic E-state index is 6.01. The van der Waals surface area contributed by atoms with Crippen molar-refractivity contribution in [2.24, 2.45) is 0 Å². The molecule has 1 heterocycles. The molecule has 2 rings (SSSR count). The lowest BCUT2D eigenvalue weighted by Crippen LogP contribution is -2.24. The van der Waals surface area contributed by atoms with Crippen LogP contribution in [0.25, 0.3) is 0 Å². The lowest BCUT2D eigenvalue weighted by atomic mass is 10.1. The lowest BCUT2D eigenvalue weighted by molar-refractivity contribution is 0.790.